The summed E-state index contributed by atoms with van der Waals surface area (Å²) in [6.45, 7) is 7.55. The van der Waals surface area contributed by atoms with Crippen LogP contribution in [0.5, 0.6) is 0 Å². The van der Waals surface area contributed by atoms with E-state index in [0.29, 0.717) is 17.9 Å². The minimum atomic E-state index is 0.376. The fourth-order valence-corrected chi connectivity index (χ4v) is 4.67. The molecule has 0 aromatic heterocycles. The number of hydrogen-bond acceptors (Lipinski definition) is 1. The van der Waals surface area contributed by atoms with Gasteiger partial charge in [0.1, 0.15) is 0 Å². The highest BCUT2D eigenvalue weighted by molar-refractivity contribution is 5.00. The summed E-state index contributed by atoms with van der Waals surface area (Å²) in [5, 5.41) is 9.37. The second-order valence-corrected chi connectivity index (χ2v) is 6.33. The Kier molecular flexibility index (Phi) is 3.12. The van der Waals surface area contributed by atoms with Crippen molar-refractivity contribution < 1.29 is 5.11 Å². The Morgan fingerprint density at radius 3 is 2.73 bits per heavy atom. The highest BCUT2D eigenvalue weighted by Crippen LogP contribution is 2.59. The molecule has 1 heteroatoms. The summed E-state index contributed by atoms with van der Waals surface area (Å²) >= 11 is 0. The summed E-state index contributed by atoms with van der Waals surface area (Å²) in [6.07, 6.45) is 7.00. The van der Waals surface area contributed by atoms with Gasteiger partial charge in [-0.3, -0.25) is 0 Å². The first-order valence-electron chi connectivity index (χ1n) is 6.70. The predicted octanol–water partition coefficient (Wildman–Crippen LogP) is 3.47. The standard InChI is InChI=1S/C14H26O/c1-10-5-4-8-14(3)12(10)6-7-13(14)11(2)9-15/h10-13,15H,4-9H2,1-3H3/t10?,11-,12?,13?,14-/m0/s1. The number of rotatable bonds is 2. The lowest BCUT2D eigenvalue weighted by molar-refractivity contribution is 0.0229. The van der Waals surface area contributed by atoms with Crippen LogP contribution in [0.15, 0.2) is 0 Å². The van der Waals surface area contributed by atoms with Crippen molar-refractivity contribution in [2.75, 3.05) is 6.61 Å². The van der Waals surface area contributed by atoms with E-state index in [9.17, 15) is 5.11 Å². The Labute approximate surface area is 94.3 Å². The molecular formula is C14H26O. The maximum atomic E-state index is 9.37. The van der Waals surface area contributed by atoms with Gasteiger partial charge in [-0.25, -0.2) is 0 Å². The van der Waals surface area contributed by atoms with Gasteiger partial charge in [-0.1, -0.05) is 33.6 Å². The van der Waals surface area contributed by atoms with Crippen LogP contribution in [0.25, 0.3) is 0 Å². The Balaban J connectivity index is 2.17. The van der Waals surface area contributed by atoms with Crippen LogP contribution in [-0.2, 0) is 0 Å². The summed E-state index contributed by atoms with van der Waals surface area (Å²) in [6, 6.07) is 0. The third-order valence-corrected chi connectivity index (χ3v) is 5.52. The van der Waals surface area contributed by atoms with Crippen molar-refractivity contribution in [3.8, 4) is 0 Å². The average molecular weight is 210 g/mol. The van der Waals surface area contributed by atoms with Gasteiger partial charge < -0.3 is 5.11 Å². The molecule has 0 radical (unpaired) electrons. The molecule has 2 aliphatic carbocycles. The molecule has 0 saturated heterocycles. The van der Waals surface area contributed by atoms with Crippen molar-refractivity contribution in [1.82, 2.24) is 0 Å². The lowest BCUT2D eigenvalue weighted by atomic mass is 9.60. The number of hydrogen-bond donors (Lipinski definition) is 1. The van der Waals surface area contributed by atoms with Crippen LogP contribution in [0.1, 0.15) is 52.9 Å². The van der Waals surface area contributed by atoms with Gasteiger partial charge >= 0.3 is 0 Å². The predicted molar refractivity (Wildman–Crippen MR) is 63.6 cm³/mol. The van der Waals surface area contributed by atoms with Gasteiger partial charge in [0.25, 0.3) is 0 Å². The van der Waals surface area contributed by atoms with Crippen molar-refractivity contribution >= 4 is 0 Å². The average Bonchev–Trinajstić information content (AvgIpc) is 2.56. The van der Waals surface area contributed by atoms with Gasteiger partial charge in [0, 0.05) is 6.61 Å². The van der Waals surface area contributed by atoms with E-state index in [4.69, 9.17) is 0 Å². The molecule has 88 valence electrons. The van der Waals surface area contributed by atoms with Crippen LogP contribution in [0.2, 0.25) is 0 Å². The number of aliphatic hydroxyl groups excluding tert-OH is 1. The minimum Gasteiger partial charge on any atom is -0.396 e. The van der Waals surface area contributed by atoms with E-state index in [-0.39, 0.29) is 0 Å². The molecule has 0 aliphatic heterocycles. The van der Waals surface area contributed by atoms with Gasteiger partial charge in [-0.15, -0.1) is 0 Å². The molecule has 0 heterocycles. The molecule has 0 amide bonds. The van der Waals surface area contributed by atoms with E-state index >= 15 is 0 Å². The quantitative estimate of drug-likeness (QED) is 0.740. The van der Waals surface area contributed by atoms with E-state index in [1.807, 2.05) is 0 Å². The molecule has 15 heavy (non-hydrogen) atoms. The van der Waals surface area contributed by atoms with Gasteiger partial charge in [-0.2, -0.15) is 0 Å². The van der Waals surface area contributed by atoms with E-state index < -0.39 is 0 Å². The van der Waals surface area contributed by atoms with Gasteiger partial charge in [-0.05, 0) is 48.3 Å². The molecule has 2 aliphatic rings. The molecule has 0 aromatic carbocycles. The molecule has 2 rings (SSSR count). The molecule has 0 spiro atoms. The summed E-state index contributed by atoms with van der Waals surface area (Å²) in [5.41, 5.74) is 0.541. The van der Waals surface area contributed by atoms with Crippen LogP contribution in [0, 0.1) is 29.1 Å². The van der Waals surface area contributed by atoms with Crippen molar-refractivity contribution in [2.45, 2.75) is 52.9 Å². The maximum absolute atomic E-state index is 9.37. The molecular weight excluding hydrogens is 184 g/mol. The largest absolute Gasteiger partial charge is 0.396 e. The first-order chi connectivity index (χ1) is 7.09. The Hall–Kier alpha value is -0.0400. The van der Waals surface area contributed by atoms with E-state index in [1.54, 1.807) is 0 Å². The van der Waals surface area contributed by atoms with Crippen LogP contribution >= 0.6 is 0 Å². The van der Waals surface area contributed by atoms with Gasteiger partial charge in [0.15, 0.2) is 0 Å². The fourth-order valence-electron chi connectivity index (χ4n) is 4.67. The zero-order valence-electron chi connectivity index (χ0n) is 10.5. The number of fused-ring (bicyclic) bond motifs is 1. The van der Waals surface area contributed by atoms with Crippen LogP contribution in [-0.4, -0.2) is 11.7 Å². The molecule has 0 bridgehead atoms. The molecule has 5 atom stereocenters. The normalized spacial score (nSPS) is 47.6. The van der Waals surface area contributed by atoms with Crippen molar-refractivity contribution in [3.05, 3.63) is 0 Å². The maximum Gasteiger partial charge on any atom is 0.0459 e. The summed E-state index contributed by atoms with van der Waals surface area (Å²) in [5.74, 6) is 3.13. The Bertz CT molecular complexity index is 225. The summed E-state index contributed by atoms with van der Waals surface area (Å²) in [7, 11) is 0. The fraction of sp³-hybridized carbons (Fsp3) is 1.00. The SMILES string of the molecule is CC1CCC[C@@]2(C)C1CCC2[C@@H](C)CO. The van der Waals surface area contributed by atoms with Crippen molar-refractivity contribution in [1.29, 1.82) is 0 Å². The van der Waals surface area contributed by atoms with Gasteiger partial charge in [0.2, 0.25) is 0 Å². The van der Waals surface area contributed by atoms with Crippen LogP contribution < -0.4 is 0 Å². The minimum absolute atomic E-state index is 0.376. The monoisotopic (exact) mass is 210 g/mol. The lowest BCUT2D eigenvalue weighted by Crippen LogP contribution is -2.38. The topological polar surface area (TPSA) is 20.2 Å². The van der Waals surface area contributed by atoms with E-state index in [0.717, 1.165) is 17.8 Å². The Morgan fingerprint density at radius 2 is 2.07 bits per heavy atom. The third-order valence-electron chi connectivity index (χ3n) is 5.52. The van der Waals surface area contributed by atoms with Crippen LogP contribution in [0.3, 0.4) is 0 Å². The molecule has 0 aromatic rings. The molecule has 1 N–H and O–H groups in total. The second-order valence-electron chi connectivity index (χ2n) is 6.33. The molecule has 2 saturated carbocycles. The van der Waals surface area contributed by atoms with E-state index in [2.05, 4.69) is 20.8 Å². The molecule has 2 fully saturated rings. The Morgan fingerprint density at radius 1 is 1.33 bits per heavy atom. The van der Waals surface area contributed by atoms with E-state index in [1.165, 1.54) is 32.1 Å². The first-order valence-corrected chi connectivity index (χ1v) is 6.70. The van der Waals surface area contributed by atoms with Crippen molar-refractivity contribution in [3.63, 3.8) is 0 Å². The third kappa shape index (κ3) is 1.73. The molecule has 3 unspecified atom stereocenters. The zero-order valence-corrected chi connectivity index (χ0v) is 10.5. The summed E-state index contributed by atoms with van der Waals surface area (Å²) < 4.78 is 0. The highest BCUT2D eigenvalue weighted by atomic mass is 16.3. The van der Waals surface area contributed by atoms with Crippen LogP contribution in [0.4, 0.5) is 0 Å². The second kappa shape index (κ2) is 4.08. The smallest absolute Gasteiger partial charge is 0.0459 e. The van der Waals surface area contributed by atoms with Gasteiger partial charge in [0.05, 0.1) is 0 Å². The lowest BCUT2D eigenvalue weighted by Gasteiger charge is -2.45. The zero-order chi connectivity index (χ0) is 11.1. The summed E-state index contributed by atoms with van der Waals surface area (Å²) in [4.78, 5) is 0. The highest BCUT2D eigenvalue weighted by Gasteiger charge is 2.51. The molecule has 1 nitrogen and oxygen atoms in total. The first kappa shape index (κ1) is 11.4. The van der Waals surface area contributed by atoms with Crippen molar-refractivity contribution in [2.24, 2.45) is 29.1 Å². The number of aliphatic hydroxyl groups is 1.